The van der Waals surface area contributed by atoms with Crippen molar-refractivity contribution >= 4 is 12.0 Å². The lowest BCUT2D eigenvalue weighted by molar-refractivity contribution is -0.115. The first kappa shape index (κ1) is 16.6. The summed E-state index contributed by atoms with van der Waals surface area (Å²) in [6.45, 7) is 4.40. The van der Waals surface area contributed by atoms with Gasteiger partial charge < -0.3 is 22.2 Å². The van der Waals surface area contributed by atoms with E-state index in [1.165, 1.54) is 13.1 Å². The molecule has 0 radical (unpaired) electrons. The van der Waals surface area contributed by atoms with Gasteiger partial charge in [0, 0.05) is 0 Å². The van der Waals surface area contributed by atoms with Crippen molar-refractivity contribution in [2.24, 2.45) is 11.5 Å². The molecule has 0 aromatic carbocycles. The van der Waals surface area contributed by atoms with Gasteiger partial charge in [-0.25, -0.2) is 0 Å². The maximum atomic E-state index is 9.69. The summed E-state index contributed by atoms with van der Waals surface area (Å²) >= 11 is 0. The van der Waals surface area contributed by atoms with Crippen LogP contribution < -0.4 is 16.8 Å². The summed E-state index contributed by atoms with van der Waals surface area (Å²) in [6.07, 6.45) is 4.44. The number of hydrogen-bond acceptors (Lipinski definition) is 5. The Labute approximate surface area is 92.1 Å². The molecule has 0 bridgehead atoms. The minimum absolute atomic E-state index is 0.0324. The standard InChI is InChI=1S/C7H17N3.C3H7NO/c8-4-1-2-6-10-7-3-5-9;1-3(5)2-4/h4,8,10H,1-3,5-7,9H2;2,4H2,1H3. The highest BCUT2D eigenvalue weighted by molar-refractivity contribution is 5.77. The molecular formula is C10H24N4O. The molecule has 0 rings (SSSR count). The molecule has 0 aliphatic heterocycles. The van der Waals surface area contributed by atoms with Gasteiger partial charge in [-0.2, -0.15) is 0 Å². The second kappa shape index (κ2) is 15.7. The summed E-state index contributed by atoms with van der Waals surface area (Å²) < 4.78 is 0. The van der Waals surface area contributed by atoms with Gasteiger partial charge in [-0.05, 0) is 52.0 Å². The summed E-state index contributed by atoms with van der Waals surface area (Å²) in [5, 5.41) is 9.98. The molecule has 0 unspecified atom stereocenters. The molecule has 0 saturated heterocycles. The fourth-order valence-electron chi connectivity index (χ4n) is 0.681. The summed E-state index contributed by atoms with van der Waals surface area (Å²) in [5.41, 5.74) is 10.1. The highest BCUT2D eigenvalue weighted by Gasteiger charge is 1.84. The third-order valence-corrected chi connectivity index (χ3v) is 1.55. The molecule has 6 N–H and O–H groups in total. The van der Waals surface area contributed by atoms with Crippen molar-refractivity contribution in [2.45, 2.75) is 26.2 Å². The van der Waals surface area contributed by atoms with Crippen LogP contribution in [-0.2, 0) is 4.79 Å². The third-order valence-electron chi connectivity index (χ3n) is 1.55. The zero-order chi connectivity index (χ0) is 11.9. The van der Waals surface area contributed by atoms with Gasteiger partial charge in [-0.3, -0.25) is 4.79 Å². The monoisotopic (exact) mass is 216 g/mol. The Bertz CT molecular complexity index is 150. The van der Waals surface area contributed by atoms with E-state index in [0.717, 1.165) is 38.9 Å². The Morgan fingerprint density at radius 3 is 2.27 bits per heavy atom. The fourth-order valence-corrected chi connectivity index (χ4v) is 0.681. The molecule has 0 atom stereocenters. The van der Waals surface area contributed by atoms with Gasteiger partial charge in [0.1, 0.15) is 5.78 Å². The van der Waals surface area contributed by atoms with E-state index in [9.17, 15) is 4.79 Å². The van der Waals surface area contributed by atoms with Gasteiger partial charge in [-0.1, -0.05) is 0 Å². The Morgan fingerprint density at radius 1 is 1.33 bits per heavy atom. The van der Waals surface area contributed by atoms with Crippen LogP contribution in [0.15, 0.2) is 0 Å². The lowest BCUT2D eigenvalue weighted by atomic mass is 10.3. The van der Waals surface area contributed by atoms with Crippen molar-refractivity contribution in [3.05, 3.63) is 0 Å². The molecule has 0 spiro atoms. The van der Waals surface area contributed by atoms with E-state index in [1.807, 2.05) is 0 Å². The number of Topliss-reactive ketones (excluding diaryl/α,β-unsaturated/α-hetero) is 1. The second-order valence-electron chi connectivity index (χ2n) is 3.14. The van der Waals surface area contributed by atoms with Gasteiger partial charge in [0.2, 0.25) is 0 Å². The van der Waals surface area contributed by atoms with Crippen molar-refractivity contribution in [1.82, 2.24) is 5.32 Å². The van der Waals surface area contributed by atoms with Crippen LogP contribution >= 0.6 is 0 Å². The van der Waals surface area contributed by atoms with Crippen LogP contribution in [0.4, 0.5) is 0 Å². The molecule has 0 aromatic rings. The molecule has 0 aliphatic rings. The predicted molar refractivity (Wildman–Crippen MR) is 64.3 cm³/mol. The van der Waals surface area contributed by atoms with E-state index in [1.54, 1.807) is 0 Å². The molecule has 5 nitrogen and oxygen atoms in total. The maximum Gasteiger partial charge on any atom is 0.143 e. The molecule has 90 valence electrons. The zero-order valence-electron chi connectivity index (χ0n) is 9.59. The van der Waals surface area contributed by atoms with Crippen LogP contribution in [0.2, 0.25) is 0 Å². The first-order valence-corrected chi connectivity index (χ1v) is 5.28. The molecule has 0 amide bonds. The Morgan fingerprint density at radius 2 is 1.87 bits per heavy atom. The molecule has 0 saturated carbocycles. The van der Waals surface area contributed by atoms with Gasteiger partial charge in [-0.15, -0.1) is 0 Å². The van der Waals surface area contributed by atoms with E-state index in [0.29, 0.717) is 0 Å². The second-order valence-corrected chi connectivity index (χ2v) is 3.14. The van der Waals surface area contributed by atoms with Crippen molar-refractivity contribution in [1.29, 1.82) is 5.41 Å². The number of nitrogens with one attached hydrogen (secondary N) is 2. The van der Waals surface area contributed by atoms with E-state index in [4.69, 9.17) is 16.9 Å². The minimum atomic E-state index is 0.0324. The molecular weight excluding hydrogens is 192 g/mol. The Balaban J connectivity index is 0. The topological polar surface area (TPSA) is 105 Å². The van der Waals surface area contributed by atoms with E-state index in [-0.39, 0.29) is 12.3 Å². The average molecular weight is 216 g/mol. The molecule has 0 heterocycles. The molecule has 0 aromatic heterocycles. The molecule has 0 aliphatic carbocycles. The number of carbonyl (C=O) groups excluding carboxylic acids is 1. The lowest BCUT2D eigenvalue weighted by Crippen LogP contribution is -2.19. The number of hydrogen-bond donors (Lipinski definition) is 4. The summed E-state index contributed by atoms with van der Waals surface area (Å²) in [6, 6.07) is 0. The van der Waals surface area contributed by atoms with Crippen molar-refractivity contribution in [2.75, 3.05) is 26.2 Å². The fraction of sp³-hybridized carbons (Fsp3) is 0.800. The van der Waals surface area contributed by atoms with Crippen LogP contribution in [0.25, 0.3) is 0 Å². The Hall–Kier alpha value is -0.780. The highest BCUT2D eigenvalue weighted by atomic mass is 16.1. The smallest absolute Gasteiger partial charge is 0.143 e. The molecule has 5 heteroatoms. The minimum Gasteiger partial charge on any atom is -0.330 e. The number of nitrogens with two attached hydrogens (primary N) is 2. The predicted octanol–water partition coefficient (Wildman–Crippen LogP) is -0.111. The summed E-state index contributed by atoms with van der Waals surface area (Å²) in [4.78, 5) is 9.69. The maximum absolute atomic E-state index is 9.69. The van der Waals surface area contributed by atoms with Crippen molar-refractivity contribution in [3.63, 3.8) is 0 Å². The average Bonchev–Trinajstić information content (AvgIpc) is 2.24. The molecule has 15 heavy (non-hydrogen) atoms. The van der Waals surface area contributed by atoms with Crippen LogP contribution in [0.5, 0.6) is 0 Å². The van der Waals surface area contributed by atoms with Crippen molar-refractivity contribution in [3.8, 4) is 0 Å². The van der Waals surface area contributed by atoms with Gasteiger partial charge in [0.15, 0.2) is 0 Å². The summed E-state index contributed by atoms with van der Waals surface area (Å²) in [5.74, 6) is 0.0324. The molecule has 0 fully saturated rings. The summed E-state index contributed by atoms with van der Waals surface area (Å²) in [7, 11) is 0. The highest BCUT2D eigenvalue weighted by Crippen LogP contribution is 1.80. The number of unbranched alkanes of at least 4 members (excludes halogenated alkanes) is 1. The number of carbonyl (C=O) groups is 1. The van der Waals surface area contributed by atoms with Crippen LogP contribution in [-0.4, -0.2) is 38.2 Å². The quantitative estimate of drug-likeness (QED) is 0.335. The zero-order valence-corrected chi connectivity index (χ0v) is 9.59. The van der Waals surface area contributed by atoms with Crippen LogP contribution in [0.1, 0.15) is 26.2 Å². The van der Waals surface area contributed by atoms with Gasteiger partial charge in [0.05, 0.1) is 6.54 Å². The van der Waals surface area contributed by atoms with E-state index >= 15 is 0 Å². The van der Waals surface area contributed by atoms with E-state index in [2.05, 4.69) is 5.32 Å². The first-order chi connectivity index (χ1) is 7.18. The number of ketones is 1. The first-order valence-electron chi connectivity index (χ1n) is 5.28. The van der Waals surface area contributed by atoms with Crippen molar-refractivity contribution < 1.29 is 4.79 Å². The van der Waals surface area contributed by atoms with Gasteiger partial charge >= 0.3 is 0 Å². The lowest BCUT2D eigenvalue weighted by Gasteiger charge is -2.00. The largest absolute Gasteiger partial charge is 0.330 e. The number of rotatable bonds is 8. The third kappa shape index (κ3) is 24.6. The van der Waals surface area contributed by atoms with Crippen LogP contribution in [0, 0.1) is 5.41 Å². The Kier molecular flexibility index (Phi) is 17.4. The van der Waals surface area contributed by atoms with Crippen LogP contribution in [0.3, 0.4) is 0 Å². The normalized spacial score (nSPS) is 9.00. The van der Waals surface area contributed by atoms with E-state index < -0.39 is 0 Å². The SMILES string of the molecule is CC(=O)CN.N=CCCCNCCCN. The van der Waals surface area contributed by atoms with Gasteiger partial charge in [0.25, 0.3) is 0 Å².